The van der Waals surface area contributed by atoms with E-state index in [0.717, 1.165) is 58.5 Å². The molecule has 0 aromatic heterocycles. The van der Waals surface area contributed by atoms with Gasteiger partial charge in [0.2, 0.25) is 5.91 Å². The summed E-state index contributed by atoms with van der Waals surface area (Å²) in [7, 11) is 0. The third kappa shape index (κ3) is 6.56. The lowest BCUT2D eigenvalue weighted by molar-refractivity contribution is -0.139. The van der Waals surface area contributed by atoms with E-state index in [1.54, 1.807) is 34.9 Å². The van der Waals surface area contributed by atoms with Crippen LogP contribution >= 0.6 is 15.9 Å². The number of hydrogen-bond donors (Lipinski definition) is 3. The Labute approximate surface area is 330 Å². The molecule has 0 bridgehead atoms. The molecule has 1 spiro atoms. The largest absolute Gasteiger partial charge is 0.394 e. The van der Waals surface area contributed by atoms with Crippen LogP contribution in [0.5, 0.6) is 0 Å². The Hall–Kier alpha value is -4.81. The van der Waals surface area contributed by atoms with E-state index in [-0.39, 0.29) is 37.4 Å². The number of nitrogens with one attached hydrogen (secondary N) is 1. The lowest BCUT2D eigenvalue weighted by Crippen LogP contribution is -2.55. The molecule has 284 valence electrons. The maximum Gasteiger partial charge on any atom is 0.264 e. The fraction of sp³-hybridized carbons (Fsp3) is 0.341. The van der Waals surface area contributed by atoms with Crippen molar-refractivity contribution in [1.29, 1.82) is 0 Å². The summed E-state index contributed by atoms with van der Waals surface area (Å²) in [6.45, 7) is 4.33. The van der Waals surface area contributed by atoms with Crippen molar-refractivity contribution >= 4 is 50.7 Å². The molecule has 4 aliphatic heterocycles. The number of carbonyl (C=O) groups excluding carboxylic acids is 3. The van der Waals surface area contributed by atoms with Gasteiger partial charge in [0.1, 0.15) is 5.54 Å². The van der Waals surface area contributed by atoms with Crippen LogP contribution in [0, 0.1) is 5.92 Å². The van der Waals surface area contributed by atoms with Crippen LogP contribution in [0.1, 0.15) is 48.4 Å². The number of aliphatic hydroxyl groups is 2. The summed E-state index contributed by atoms with van der Waals surface area (Å²) < 4.78 is 0.738. The maximum atomic E-state index is 14.3. The second-order valence-electron chi connectivity index (χ2n) is 15.2. The molecule has 0 radical (unpaired) electrons. The minimum atomic E-state index is -1.86. The molecule has 2 fully saturated rings. The van der Waals surface area contributed by atoms with Gasteiger partial charge in [0.05, 0.1) is 31.5 Å². The lowest BCUT2D eigenvalue weighted by Gasteiger charge is -2.39. The number of anilines is 3. The van der Waals surface area contributed by atoms with Crippen molar-refractivity contribution in [2.75, 3.05) is 41.1 Å². The molecular formula is C44H46BrN5O5. The molecule has 8 rings (SSSR count). The van der Waals surface area contributed by atoms with E-state index < -0.39 is 23.0 Å². The van der Waals surface area contributed by atoms with Crippen LogP contribution < -0.4 is 20.0 Å². The molecule has 4 aromatic rings. The molecule has 3 atom stereocenters. The summed E-state index contributed by atoms with van der Waals surface area (Å²) in [5.41, 5.74) is 3.56. The van der Waals surface area contributed by atoms with Crippen LogP contribution in [0.25, 0.3) is 0 Å². The Balaban J connectivity index is 0.984. The second-order valence-corrected chi connectivity index (χ2v) is 16.1. The van der Waals surface area contributed by atoms with Crippen molar-refractivity contribution in [3.63, 3.8) is 0 Å². The van der Waals surface area contributed by atoms with Gasteiger partial charge in [0.15, 0.2) is 5.60 Å². The maximum absolute atomic E-state index is 14.3. The van der Waals surface area contributed by atoms with Gasteiger partial charge in [-0.05, 0) is 91.5 Å². The predicted octanol–water partition coefficient (Wildman–Crippen LogP) is 5.64. The van der Waals surface area contributed by atoms with Gasteiger partial charge in [0, 0.05) is 40.3 Å². The Bertz CT molecular complexity index is 2120. The summed E-state index contributed by atoms with van der Waals surface area (Å²) >= 11 is 3.53. The molecule has 10 nitrogen and oxygen atoms in total. The third-order valence-electron chi connectivity index (χ3n) is 12.0. The average Bonchev–Trinajstić information content (AvgIpc) is 3.60. The van der Waals surface area contributed by atoms with Crippen molar-refractivity contribution in [3.8, 4) is 0 Å². The number of para-hydroxylation sites is 1. The first-order chi connectivity index (χ1) is 26.6. The van der Waals surface area contributed by atoms with Crippen molar-refractivity contribution in [2.24, 2.45) is 5.92 Å². The molecule has 0 aliphatic carbocycles. The number of piperidine rings is 1. The predicted molar refractivity (Wildman–Crippen MR) is 216 cm³/mol. The number of rotatable bonds is 9. The summed E-state index contributed by atoms with van der Waals surface area (Å²) in [6.07, 6.45) is 5.59. The molecule has 0 saturated carbocycles. The van der Waals surface area contributed by atoms with E-state index in [4.69, 9.17) is 0 Å². The van der Waals surface area contributed by atoms with Gasteiger partial charge in [-0.1, -0.05) is 89.6 Å². The van der Waals surface area contributed by atoms with Gasteiger partial charge in [-0.25, -0.2) is 0 Å². The van der Waals surface area contributed by atoms with E-state index in [9.17, 15) is 24.6 Å². The molecule has 4 aromatic carbocycles. The smallest absolute Gasteiger partial charge is 0.264 e. The number of benzene rings is 4. The Morgan fingerprint density at radius 1 is 0.927 bits per heavy atom. The SMILES string of the molecule is C[C@H](/C=C/CC(=O)N1Cc2ccccc2C[C@H]1CO)[C@@]1(O)C(=O)N(Cc2ccc(N3CN(c4ccccc4)C4(CCNCC4)C3=O)cc2)c2ccc(Br)cc21. The van der Waals surface area contributed by atoms with Gasteiger partial charge in [-0.15, -0.1) is 0 Å². The summed E-state index contributed by atoms with van der Waals surface area (Å²) in [4.78, 5) is 49.3. The topological polar surface area (TPSA) is 117 Å². The van der Waals surface area contributed by atoms with Crippen molar-refractivity contribution in [2.45, 2.75) is 62.9 Å². The zero-order valence-electron chi connectivity index (χ0n) is 30.9. The quantitative estimate of drug-likeness (QED) is 0.188. The lowest BCUT2D eigenvalue weighted by atomic mass is 9.83. The van der Waals surface area contributed by atoms with Crippen LogP contribution in [0.3, 0.4) is 0 Å². The monoisotopic (exact) mass is 803 g/mol. The number of fused-ring (bicyclic) bond motifs is 2. The van der Waals surface area contributed by atoms with Crippen LogP contribution in [0.4, 0.5) is 17.1 Å². The Morgan fingerprint density at radius 2 is 1.64 bits per heavy atom. The first kappa shape index (κ1) is 37.1. The average molecular weight is 805 g/mol. The zero-order valence-corrected chi connectivity index (χ0v) is 32.5. The first-order valence-electron chi connectivity index (χ1n) is 19.1. The number of halogens is 1. The van der Waals surface area contributed by atoms with Crippen LogP contribution in [-0.4, -0.2) is 70.8 Å². The van der Waals surface area contributed by atoms with E-state index in [1.165, 1.54) is 0 Å². The number of nitrogens with zero attached hydrogens (tertiary/aromatic N) is 4. The standard InChI is InChI=1S/C44H46BrN5O5/c1-30(8-7-13-40(52)47-27-33-10-6-5-9-32(33)24-37(47)28-51)44(55)38-25-34(45)16-19-39(38)48(42(44)54)26-31-14-17-35(18-15-31)49-29-50(36-11-3-2-4-12-36)43(41(49)53)20-22-46-23-21-43/h2-12,14-19,25,30,37,46,51,55H,13,20-24,26-29H2,1H3/b8-7+/t30-,37+,44+/m1/s1. The molecule has 4 heterocycles. The minimum Gasteiger partial charge on any atom is -0.394 e. The molecule has 3 N–H and O–H groups in total. The van der Waals surface area contributed by atoms with Crippen LogP contribution in [0.15, 0.2) is 114 Å². The van der Waals surface area contributed by atoms with Gasteiger partial charge in [-0.3, -0.25) is 19.3 Å². The third-order valence-corrected chi connectivity index (χ3v) is 12.5. The first-order valence-corrected chi connectivity index (χ1v) is 19.9. The molecule has 3 amide bonds. The van der Waals surface area contributed by atoms with Crippen molar-refractivity contribution in [3.05, 3.63) is 136 Å². The summed E-state index contributed by atoms with van der Waals surface area (Å²) in [5.74, 6) is -1.12. The van der Waals surface area contributed by atoms with Crippen LogP contribution in [-0.2, 0) is 39.5 Å². The highest BCUT2D eigenvalue weighted by atomic mass is 79.9. The molecular weight excluding hydrogens is 758 g/mol. The van der Waals surface area contributed by atoms with E-state index in [1.807, 2.05) is 83.8 Å². The van der Waals surface area contributed by atoms with Gasteiger partial charge in [0.25, 0.3) is 11.8 Å². The molecule has 11 heteroatoms. The molecule has 2 saturated heterocycles. The number of hydrogen-bond acceptors (Lipinski definition) is 7. The Kier molecular flexibility index (Phi) is 10.1. The van der Waals surface area contributed by atoms with Crippen molar-refractivity contribution in [1.82, 2.24) is 10.2 Å². The second kappa shape index (κ2) is 15.0. The number of carbonyl (C=O) groups is 3. The fourth-order valence-corrected chi connectivity index (χ4v) is 9.24. The molecule has 4 aliphatic rings. The number of aliphatic hydroxyl groups excluding tert-OH is 1. The highest BCUT2D eigenvalue weighted by molar-refractivity contribution is 9.10. The normalized spacial score (nSPS) is 22.4. The van der Waals surface area contributed by atoms with Crippen LogP contribution in [0.2, 0.25) is 0 Å². The van der Waals surface area contributed by atoms with Gasteiger partial charge in [-0.2, -0.15) is 0 Å². The fourth-order valence-electron chi connectivity index (χ4n) is 8.88. The highest BCUT2D eigenvalue weighted by Crippen LogP contribution is 2.47. The minimum absolute atomic E-state index is 0.0787. The summed E-state index contributed by atoms with van der Waals surface area (Å²) in [6, 6.07) is 31.0. The molecule has 0 unspecified atom stereocenters. The summed E-state index contributed by atoms with van der Waals surface area (Å²) in [5, 5.41) is 25.7. The Morgan fingerprint density at radius 3 is 2.36 bits per heavy atom. The van der Waals surface area contributed by atoms with Crippen molar-refractivity contribution < 1.29 is 24.6 Å². The van der Waals surface area contributed by atoms with E-state index >= 15 is 0 Å². The van der Waals surface area contributed by atoms with Gasteiger partial charge < -0.3 is 30.2 Å². The number of amides is 3. The zero-order chi connectivity index (χ0) is 38.3. The highest BCUT2D eigenvalue weighted by Gasteiger charge is 2.54. The molecule has 55 heavy (non-hydrogen) atoms. The van der Waals surface area contributed by atoms with E-state index in [2.05, 4.69) is 38.3 Å². The van der Waals surface area contributed by atoms with E-state index in [0.29, 0.717) is 30.9 Å². The van der Waals surface area contributed by atoms with Gasteiger partial charge >= 0.3 is 0 Å².